The number of benzene rings is 2. The first-order chi connectivity index (χ1) is 17.3. The van der Waals surface area contributed by atoms with Crippen LogP contribution in [0.1, 0.15) is 20.7 Å². The number of carboxylic acids is 2. The Morgan fingerprint density at radius 1 is 0.737 bits per heavy atom. The van der Waals surface area contributed by atoms with Gasteiger partial charge in [0.05, 0.1) is 36.4 Å². The number of carboxylic acid groups (broad SMARTS) is 2. The van der Waals surface area contributed by atoms with Crippen LogP contribution >= 0.6 is 24.4 Å². The van der Waals surface area contributed by atoms with Crippen molar-refractivity contribution in [2.75, 3.05) is 22.9 Å². The minimum Gasteiger partial charge on any atom is -0.545 e. The number of nitrogens with one attached hydrogen (secondary N) is 2. The van der Waals surface area contributed by atoms with E-state index in [1.807, 2.05) is 0 Å². The van der Waals surface area contributed by atoms with E-state index in [-0.39, 0.29) is 92.9 Å². The number of aromatic amines is 2. The second kappa shape index (κ2) is 12.6. The third-order valence-electron chi connectivity index (χ3n) is 5.48. The summed E-state index contributed by atoms with van der Waals surface area (Å²) in [4.78, 5) is 27.0. The average Bonchev–Trinajstić information content (AvgIpc) is 3.51. The molecular formula is C20H14N10Na2O4S2. The summed E-state index contributed by atoms with van der Waals surface area (Å²) in [5.74, 6) is -2.70. The zero-order chi connectivity index (χ0) is 25.4. The SMILES string of the molecule is O=C([O-])c1ccc(-n2[nH]nnc2=S)cc1N1[CH]CN(c2cc(-n3[nH]nnc3=S)ccc2C(=O)[O-])[CH]C1.[Na+].[Na+]. The third-order valence-corrected chi connectivity index (χ3v) is 6.01. The Morgan fingerprint density at radius 3 is 1.42 bits per heavy atom. The molecule has 14 nitrogen and oxygen atoms in total. The van der Waals surface area contributed by atoms with E-state index in [2.05, 4.69) is 31.1 Å². The van der Waals surface area contributed by atoms with E-state index in [1.54, 1.807) is 47.2 Å². The molecule has 0 amide bonds. The van der Waals surface area contributed by atoms with E-state index in [0.717, 1.165) is 0 Å². The summed E-state index contributed by atoms with van der Waals surface area (Å²) in [7, 11) is 0. The summed E-state index contributed by atoms with van der Waals surface area (Å²) in [6.45, 7) is 3.90. The van der Waals surface area contributed by atoms with E-state index < -0.39 is 11.9 Å². The smallest absolute Gasteiger partial charge is 0.545 e. The second-order valence-corrected chi connectivity index (χ2v) is 8.21. The first-order valence-corrected chi connectivity index (χ1v) is 11.1. The molecule has 2 aromatic heterocycles. The van der Waals surface area contributed by atoms with Gasteiger partial charge in [-0.1, -0.05) is 20.6 Å². The molecule has 4 aromatic rings. The van der Waals surface area contributed by atoms with E-state index in [0.29, 0.717) is 22.7 Å². The predicted molar refractivity (Wildman–Crippen MR) is 125 cm³/mol. The third kappa shape index (κ3) is 5.91. The normalized spacial score (nSPS) is 12.9. The first kappa shape index (κ1) is 30.1. The van der Waals surface area contributed by atoms with Crippen LogP contribution in [-0.4, -0.2) is 65.4 Å². The van der Waals surface area contributed by atoms with Crippen LogP contribution < -0.4 is 79.1 Å². The van der Waals surface area contributed by atoms with Gasteiger partial charge in [-0.15, -0.1) is 0 Å². The van der Waals surface area contributed by atoms with Crippen LogP contribution in [0.15, 0.2) is 36.4 Å². The fourth-order valence-corrected chi connectivity index (χ4v) is 4.16. The Labute approximate surface area is 269 Å². The maximum Gasteiger partial charge on any atom is 1.00 e. The van der Waals surface area contributed by atoms with Gasteiger partial charge in [0, 0.05) is 35.6 Å². The molecule has 1 saturated heterocycles. The molecule has 1 aliphatic heterocycles. The molecule has 0 unspecified atom stereocenters. The Morgan fingerprint density at radius 2 is 1.13 bits per heavy atom. The van der Waals surface area contributed by atoms with Gasteiger partial charge in [0.1, 0.15) is 0 Å². The summed E-state index contributed by atoms with van der Waals surface area (Å²) < 4.78 is 3.19. The number of hydrogen-bond donors (Lipinski definition) is 2. The van der Waals surface area contributed by atoms with Crippen molar-refractivity contribution in [3.63, 3.8) is 0 Å². The van der Waals surface area contributed by atoms with Gasteiger partial charge >= 0.3 is 59.1 Å². The molecule has 0 saturated carbocycles. The van der Waals surface area contributed by atoms with Crippen LogP contribution in [0, 0.1) is 22.6 Å². The van der Waals surface area contributed by atoms with Crippen LogP contribution in [0.5, 0.6) is 0 Å². The number of aromatic nitrogens is 8. The zero-order valence-corrected chi connectivity index (χ0v) is 25.7. The molecule has 3 heterocycles. The van der Waals surface area contributed by atoms with Gasteiger partial charge in [-0.3, -0.25) is 0 Å². The zero-order valence-electron chi connectivity index (χ0n) is 20.1. The molecule has 5 rings (SSSR count). The maximum absolute atomic E-state index is 11.8. The van der Waals surface area contributed by atoms with E-state index in [9.17, 15) is 19.8 Å². The fourth-order valence-electron chi connectivity index (χ4n) is 3.79. The van der Waals surface area contributed by atoms with Crippen molar-refractivity contribution in [1.82, 2.24) is 40.4 Å². The number of anilines is 2. The number of tetrazole rings is 2. The topological polar surface area (TPSA) is 180 Å². The monoisotopic (exact) mass is 568 g/mol. The number of carbonyl (C=O) groups excluding carboxylic acids is 2. The number of H-pyrrole nitrogens is 2. The number of nitrogens with zero attached hydrogens (tertiary/aromatic N) is 8. The molecule has 38 heavy (non-hydrogen) atoms. The van der Waals surface area contributed by atoms with Crippen molar-refractivity contribution in [1.29, 1.82) is 0 Å². The summed E-state index contributed by atoms with van der Waals surface area (Å²) in [6.07, 6.45) is 0. The minimum atomic E-state index is -1.35. The van der Waals surface area contributed by atoms with Gasteiger partial charge in [0.15, 0.2) is 0 Å². The standard InChI is InChI=1S/C20H16N10O4S2.2Na/c31-17(32)13-3-1-11(29-19(35)21-23-25-29)9-15(13)27-5-7-28(8-6-27)16-10-12(2-4-14(16)18(33)34)30-20(36)22-24-26-30;;/h1-5,8-10H,6-7H2,(H,31,32)(H,33,34)(H,21,25,35)(H,22,26,36);;/q;2*+1/p-2. The van der Waals surface area contributed by atoms with Gasteiger partial charge in [0.2, 0.25) is 9.54 Å². The average molecular weight is 569 g/mol. The van der Waals surface area contributed by atoms with Gasteiger partial charge in [0.25, 0.3) is 0 Å². The molecule has 1 fully saturated rings. The molecule has 182 valence electrons. The van der Waals surface area contributed by atoms with Gasteiger partial charge in [-0.05, 0) is 60.8 Å². The predicted octanol–water partition coefficient (Wildman–Crippen LogP) is -6.65. The Bertz CT molecular complexity index is 1470. The molecule has 0 atom stereocenters. The van der Waals surface area contributed by atoms with Crippen LogP contribution in [-0.2, 0) is 0 Å². The minimum absolute atomic E-state index is 0. The van der Waals surface area contributed by atoms with Gasteiger partial charge < -0.3 is 29.6 Å². The maximum atomic E-state index is 11.8. The number of rotatable bonds is 6. The number of piperazine rings is 1. The molecule has 0 bridgehead atoms. The van der Waals surface area contributed by atoms with Crippen molar-refractivity contribution in [2.24, 2.45) is 0 Å². The number of hydrogen-bond acceptors (Lipinski definition) is 12. The molecule has 0 spiro atoms. The van der Waals surface area contributed by atoms with Crippen LogP contribution in [0.25, 0.3) is 11.4 Å². The number of carbonyl (C=O) groups is 2. The summed E-state index contributed by atoms with van der Waals surface area (Å²) in [5, 5.41) is 43.6. The van der Waals surface area contributed by atoms with Gasteiger partial charge in [-0.25, -0.2) is 9.36 Å². The van der Waals surface area contributed by atoms with Crippen molar-refractivity contribution in [3.05, 3.63) is 70.2 Å². The van der Waals surface area contributed by atoms with Crippen LogP contribution in [0.2, 0.25) is 0 Å². The van der Waals surface area contributed by atoms with Crippen molar-refractivity contribution >= 4 is 47.7 Å². The molecule has 2 aromatic carbocycles. The molecule has 2 radical (unpaired) electrons. The van der Waals surface area contributed by atoms with Crippen molar-refractivity contribution in [2.45, 2.75) is 0 Å². The van der Waals surface area contributed by atoms with Gasteiger partial charge in [-0.2, -0.15) is 10.4 Å². The van der Waals surface area contributed by atoms with Crippen molar-refractivity contribution < 1.29 is 78.9 Å². The molecule has 2 N–H and O–H groups in total. The Balaban J connectivity index is 0.00000200. The van der Waals surface area contributed by atoms with E-state index >= 15 is 0 Å². The van der Waals surface area contributed by atoms with Crippen molar-refractivity contribution in [3.8, 4) is 11.4 Å². The first-order valence-electron chi connectivity index (χ1n) is 10.2. The fraction of sp³-hybridized carbons (Fsp3) is 0.100. The Hall–Kier alpha value is -2.44. The summed E-state index contributed by atoms with van der Waals surface area (Å²) in [6, 6.07) is 9.14. The van der Waals surface area contributed by atoms with E-state index in [4.69, 9.17) is 24.4 Å². The van der Waals surface area contributed by atoms with Crippen LogP contribution in [0.4, 0.5) is 11.4 Å². The number of aromatic carboxylic acids is 2. The molecular weight excluding hydrogens is 554 g/mol. The van der Waals surface area contributed by atoms with E-state index in [1.165, 1.54) is 21.5 Å². The molecule has 18 heteroatoms. The molecule has 1 aliphatic rings. The Kier molecular flexibility index (Phi) is 9.99. The summed E-state index contributed by atoms with van der Waals surface area (Å²) in [5.41, 5.74) is 1.69. The molecule has 0 aliphatic carbocycles. The summed E-state index contributed by atoms with van der Waals surface area (Å²) >= 11 is 10.3. The largest absolute Gasteiger partial charge is 1.00 e. The second-order valence-electron chi connectivity index (χ2n) is 7.48. The quantitative estimate of drug-likeness (QED) is 0.166. The van der Waals surface area contributed by atoms with Crippen LogP contribution in [0.3, 0.4) is 0 Å².